The highest BCUT2D eigenvalue weighted by Gasteiger charge is 2.23. The highest BCUT2D eigenvalue weighted by molar-refractivity contribution is 5.96. The summed E-state index contributed by atoms with van der Waals surface area (Å²) in [4.78, 5) is 12.2. The summed E-state index contributed by atoms with van der Waals surface area (Å²) >= 11 is 0. The van der Waals surface area contributed by atoms with E-state index in [1.54, 1.807) is 0 Å². The third kappa shape index (κ3) is 4.46. The maximum absolute atomic E-state index is 12.2. The van der Waals surface area contributed by atoms with Crippen LogP contribution in [0, 0.1) is 5.41 Å². The first-order valence-corrected chi connectivity index (χ1v) is 6.91. The second kappa shape index (κ2) is 5.46. The van der Waals surface area contributed by atoms with Crippen LogP contribution in [0.15, 0.2) is 24.3 Å². The largest absolute Gasteiger partial charge is 0.327 e. The summed E-state index contributed by atoms with van der Waals surface area (Å²) in [6.45, 7) is 12.7. The van der Waals surface area contributed by atoms with E-state index in [-0.39, 0.29) is 22.7 Å². The first kappa shape index (κ1) is 15.9. The first-order valence-electron chi connectivity index (χ1n) is 6.91. The summed E-state index contributed by atoms with van der Waals surface area (Å²) in [7, 11) is 0. The minimum atomic E-state index is -0.109. The van der Waals surface area contributed by atoms with Crippen LogP contribution in [0.1, 0.15) is 63.9 Å². The molecule has 0 fully saturated rings. The van der Waals surface area contributed by atoms with Gasteiger partial charge in [-0.15, -0.1) is 0 Å². The lowest BCUT2D eigenvalue weighted by molar-refractivity contribution is 0.0953. The van der Waals surface area contributed by atoms with E-state index < -0.39 is 0 Å². The fraction of sp³-hybridized carbons (Fsp3) is 0.588. The summed E-state index contributed by atoms with van der Waals surface area (Å²) < 4.78 is 0. The van der Waals surface area contributed by atoms with E-state index in [1.807, 2.05) is 24.3 Å². The van der Waals surface area contributed by atoms with Gasteiger partial charge in [-0.3, -0.25) is 4.79 Å². The van der Waals surface area contributed by atoms with Crippen molar-refractivity contribution in [3.63, 3.8) is 0 Å². The summed E-state index contributed by atoms with van der Waals surface area (Å²) in [6.07, 6.45) is 0.401. The minimum absolute atomic E-state index is 0.0407. The molecule has 1 aromatic rings. The van der Waals surface area contributed by atoms with Gasteiger partial charge in [0.05, 0.1) is 0 Å². The molecule has 0 saturated heterocycles. The molecule has 1 unspecified atom stereocenters. The van der Waals surface area contributed by atoms with Gasteiger partial charge in [0.25, 0.3) is 0 Å². The van der Waals surface area contributed by atoms with Gasteiger partial charge in [-0.1, -0.05) is 65.8 Å². The third-order valence-corrected chi connectivity index (χ3v) is 3.59. The van der Waals surface area contributed by atoms with E-state index in [0.717, 1.165) is 5.56 Å². The molecule has 0 aromatic heterocycles. The zero-order chi connectivity index (χ0) is 14.8. The van der Waals surface area contributed by atoms with Crippen molar-refractivity contribution in [2.45, 2.75) is 59.4 Å². The fourth-order valence-corrected chi connectivity index (χ4v) is 1.78. The Bertz CT molecular complexity index is 432. The van der Waals surface area contributed by atoms with Crippen molar-refractivity contribution in [3.8, 4) is 0 Å². The standard InChI is InChI=1S/C17H27NO/c1-16(2,3)13-9-7-12(8-10-13)14(19)11-15(18)17(4,5)6/h7-10,15H,11,18H2,1-6H3. The quantitative estimate of drug-likeness (QED) is 0.838. The van der Waals surface area contributed by atoms with Crippen molar-refractivity contribution in [1.29, 1.82) is 0 Å². The molecule has 0 heterocycles. The van der Waals surface area contributed by atoms with Crippen LogP contribution >= 0.6 is 0 Å². The van der Waals surface area contributed by atoms with Gasteiger partial charge in [0.15, 0.2) is 5.78 Å². The van der Waals surface area contributed by atoms with Gasteiger partial charge in [-0.05, 0) is 16.4 Å². The van der Waals surface area contributed by atoms with Crippen molar-refractivity contribution >= 4 is 5.78 Å². The Balaban J connectivity index is 2.80. The number of rotatable bonds is 3. The topological polar surface area (TPSA) is 43.1 Å². The van der Waals surface area contributed by atoms with Crippen LogP contribution in [-0.2, 0) is 5.41 Å². The van der Waals surface area contributed by atoms with Crippen LogP contribution in [0.25, 0.3) is 0 Å². The van der Waals surface area contributed by atoms with Crippen LogP contribution in [0.2, 0.25) is 0 Å². The Labute approximate surface area is 117 Å². The minimum Gasteiger partial charge on any atom is -0.327 e. The Morgan fingerprint density at radius 2 is 1.53 bits per heavy atom. The van der Waals surface area contributed by atoms with Crippen LogP contribution in [0.4, 0.5) is 0 Å². The predicted molar refractivity (Wildman–Crippen MR) is 81.5 cm³/mol. The molecule has 106 valence electrons. The Kier molecular flexibility index (Phi) is 4.57. The molecule has 0 amide bonds. The van der Waals surface area contributed by atoms with Gasteiger partial charge in [-0.25, -0.2) is 0 Å². The van der Waals surface area contributed by atoms with Crippen molar-refractivity contribution in [1.82, 2.24) is 0 Å². The smallest absolute Gasteiger partial charge is 0.164 e. The third-order valence-electron chi connectivity index (χ3n) is 3.59. The molecule has 0 aliphatic rings. The van der Waals surface area contributed by atoms with Gasteiger partial charge >= 0.3 is 0 Å². The lowest BCUT2D eigenvalue weighted by Crippen LogP contribution is -2.36. The van der Waals surface area contributed by atoms with Gasteiger partial charge in [0.1, 0.15) is 0 Å². The molecule has 0 saturated carbocycles. The van der Waals surface area contributed by atoms with Crippen molar-refractivity contribution < 1.29 is 4.79 Å². The summed E-state index contributed by atoms with van der Waals surface area (Å²) in [5.41, 5.74) is 8.14. The molecule has 1 aromatic carbocycles. The summed E-state index contributed by atoms with van der Waals surface area (Å²) in [5.74, 6) is 0.128. The summed E-state index contributed by atoms with van der Waals surface area (Å²) in [5, 5.41) is 0. The van der Waals surface area contributed by atoms with Crippen LogP contribution in [0.5, 0.6) is 0 Å². The molecule has 0 aliphatic carbocycles. The highest BCUT2D eigenvalue weighted by atomic mass is 16.1. The number of hydrogen-bond acceptors (Lipinski definition) is 2. The highest BCUT2D eigenvalue weighted by Crippen LogP contribution is 2.24. The zero-order valence-electron chi connectivity index (χ0n) is 13.1. The molecule has 2 heteroatoms. The average molecular weight is 261 g/mol. The lowest BCUT2D eigenvalue weighted by atomic mass is 9.83. The number of carbonyl (C=O) groups is 1. The number of hydrogen-bond donors (Lipinski definition) is 1. The Morgan fingerprint density at radius 3 is 1.89 bits per heavy atom. The normalized spacial score (nSPS) is 14.3. The number of ketones is 1. The summed E-state index contributed by atoms with van der Waals surface area (Å²) in [6, 6.07) is 7.80. The van der Waals surface area contributed by atoms with Gasteiger partial charge in [0, 0.05) is 18.0 Å². The maximum atomic E-state index is 12.2. The maximum Gasteiger partial charge on any atom is 0.164 e. The molecule has 0 radical (unpaired) electrons. The van der Waals surface area contributed by atoms with E-state index in [1.165, 1.54) is 5.56 Å². The zero-order valence-corrected chi connectivity index (χ0v) is 13.1. The molecule has 19 heavy (non-hydrogen) atoms. The molecule has 2 N–H and O–H groups in total. The molecule has 2 nitrogen and oxygen atoms in total. The number of Topliss-reactive ketones (excluding diaryl/α,β-unsaturated/α-hetero) is 1. The number of benzene rings is 1. The molecular formula is C17H27NO. The van der Waals surface area contributed by atoms with Gasteiger partial charge in [0.2, 0.25) is 0 Å². The van der Waals surface area contributed by atoms with Crippen molar-refractivity contribution in [2.75, 3.05) is 0 Å². The second-order valence-electron chi connectivity index (χ2n) is 7.43. The van der Waals surface area contributed by atoms with Crippen LogP contribution < -0.4 is 5.73 Å². The van der Waals surface area contributed by atoms with E-state index in [9.17, 15) is 4.79 Å². The Morgan fingerprint density at radius 1 is 1.05 bits per heavy atom. The van der Waals surface area contributed by atoms with E-state index >= 15 is 0 Å². The van der Waals surface area contributed by atoms with E-state index in [4.69, 9.17) is 5.73 Å². The van der Waals surface area contributed by atoms with Crippen molar-refractivity contribution in [3.05, 3.63) is 35.4 Å². The number of carbonyl (C=O) groups excluding carboxylic acids is 1. The molecule has 0 spiro atoms. The van der Waals surface area contributed by atoms with Crippen molar-refractivity contribution in [2.24, 2.45) is 11.1 Å². The van der Waals surface area contributed by atoms with E-state index in [0.29, 0.717) is 6.42 Å². The fourth-order valence-electron chi connectivity index (χ4n) is 1.78. The average Bonchev–Trinajstić information content (AvgIpc) is 2.26. The molecule has 0 aliphatic heterocycles. The molecule has 0 bridgehead atoms. The number of nitrogens with two attached hydrogens (primary N) is 1. The second-order valence-corrected chi connectivity index (χ2v) is 7.43. The molecular weight excluding hydrogens is 234 g/mol. The first-order chi connectivity index (χ1) is 8.51. The van der Waals surface area contributed by atoms with Crippen LogP contribution in [0.3, 0.4) is 0 Å². The molecule has 1 rings (SSSR count). The Hall–Kier alpha value is -1.15. The van der Waals surface area contributed by atoms with E-state index in [2.05, 4.69) is 41.5 Å². The predicted octanol–water partition coefficient (Wildman–Crippen LogP) is 3.93. The van der Waals surface area contributed by atoms with Gasteiger partial charge in [-0.2, -0.15) is 0 Å². The SMILES string of the molecule is CC(C)(C)c1ccc(C(=O)CC(N)C(C)(C)C)cc1. The van der Waals surface area contributed by atoms with Crippen LogP contribution in [-0.4, -0.2) is 11.8 Å². The monoisotopic (exact) mass is 261 g/mol. The lowest BCUT2D eigenvalue weighted by Gasteiger charge is -2.26. The molecule has 1 atom stereocenters. The van der Waals surface area contributed by atoms with Gasteiger partial charge < -0.3 is 5.73 Å².